The average Bonchev–Trinajstić information content (AvgIpc) is 2.56. The minimum atomic E-state index is -3.25. The van der Waals surface area contributed by atoms with E-state index in [4.69, 9.17) is 4.74 Å². The van der Waals surface area contributed by atoms with Crippen molar-refractivity contribution < 1.29 is 13.2 Å². The smallest absolute Gasteiger partial charge is 0.216 e. The number of aliphatic imine (C=N–C) groups is 1. The van der Waals surface area contributed by atoms with E-state index in [-0.39, 0.29) is 10.4 Å². The highest BCUT2D eigenvalue weighted by atomic mass is 79.9. The molecule has 0 fully saturated rings. The van der Waals surface area contributed by atoms with E-state index in [0.29, 0.717) is 22.5 Å². The summed E-state index contributed by atoms with van der Waals surface area (Å²) in [6.07, 6.45) is 1.18. The number of benzene rings is 1. The molecule has 0 bridgehead atoms. The molecular weight excluding hydrogens is 318 g/mol. The molecule has 0 radical (unpaired) electrons. The molecular formula is C12H14BrNO3S. The van der Waals surface area contributed by atoms with Crippen molar-refractivity contribution in [3.63, 3.8) is 0 Å². The Morgan fingerprint density at radius 2 is 2.00 bits per heavy atom. The number of halogens is 1. The van der Waals surface area contributed by atoms with Gasteiger partial charge in [0.05, 0.1) is 10.4 Å². The maximum atomic E-state index is 11.6. The maximum Gasteiger partial charge on any atom is 0.216 e. The molecule has 2 rings (SSSR count). The van der Waals surface area contributed by atoms with E-state index >= 15 is 0 Å². The molecule has 1 aromatic carbocycles. The van der Waals surface area contributed by atoms with Crippen LogP contribution in [0.1, 0.15) is 19.4 Å². The molecule has 1 aliphatic heterocycles. The van der Waals surface area contributed by atoms with Gasteiger partial charge in [-0.1, -0.05) is 15.9 Å². The molecule has 4 nitrogen and oxygen atoms in total. The number of rotatable bonds is 2. The molecule has 0 unspecified atom stereocenters. The predicted octanol–water partition coefficient (Wildman–Crippen LogP) is 2.41. The quantitative estimate of drug-likeness (QED) is 0.836. The molecule has 0 N–H and O–H groups in total. The van der Waals surface area contributed by atoms with Crippen LogP contribution in [0.25, 0.3) is 0 Å². The fourth-order valence-electron chi connectivity index (χ4n) is 1.63. The average molecular weight is 332 g/mol. The highest BCUT2D eigenvalue weighted by molar-refractivity contribution is 9.10. The van der Waals surface area contributed by atoms with Crippen LogP contribution in [0.3, 0.4) is 0 Å². The number of ether oxygens (including phenoxy) is 1. The van der Waals surface area contributed by atoms with Gasteiger partial charge < -0.3 is 4.74 Å². The first-order chi connectivity index (χ1) is 8.17. The number of hydrogen-bond acceptors (Lipinski definition) is 4. The third-order valence-corrected chi connectivity index (χ3v) is 4.06. The third-order valence-electron chi connectivity index (χ3n) is 2.51. The van der Waals surface area contributed by atoms with Crippen LogP contribution in [0.2, 0.25) is 0 Å². The second kappa shape index (κ2) is 4.35. The van der Waals surface area contributed by atoms with E-state index in [0.717, 1.165) is 0 Å². The first kappa shape index (κ1) is 13.5. The molecule has 98 valence electrons. The molecule has 0 saturated carbocycles. The normalized spacial score (nSPS) is 18.3. The molecule has 0 aromatic heterocycles. The predicted molar refractivity (Wildman–Crippen MR) is 73.8 cm³/mol. The Morgan fingerprint density at radius 1 is 1.33 bits per heavy atom. The summed E-state index contributed by atoms with van der Waals surface area (Å²) >= 11 is 3.31. The zero-order valence-electron chi connectivity index (χ0n) is 10.4. The zero-order valence-corrected chi connectivity index (χ0v) is 12.8. The summed E-state index contributed by atoms with van der Waals surface area (Å²) in [5.41, 5.74) is 0.415. The third kappa shape index (κ3) is 2.92. The minimum absolute atomic E-state index is 0.253. The molecule has 1 aliphatic rings. The topological polar surface area (TPSA) is 55.7 Å². The fourth-order valence-corrected chi connectivity index (χ4v) is 2.96. The van der Waals surface area contributed by atoms with Crippen molar-refractivity contribution in [2.24, 2.45) is 4.99 Å². The standard InChI is InChI=1S/C12H14BrNO3S/c1-12(2)7-17-11(14-12)8-4-9(13)6-10(5-8)18(3,15)16/h4-6H,7H2,1-3H3. The minimum Gasteiger partial charge on any atom is -0.475 e. The highest BCUT2D eigenvalue weighted by Gasteiger charge is 2.27. The van der Waals surface area contributed by atoms with E-state index in [2.05, 4.69) is 20.9 Å². The molecule has 0 saturated heterocycles. The molecule has 1 aromatic rings. The first-order valence-electron chi connectivity index (χ1n) is 5.41. The fraction of sp³-hybridized carbons (Fsp3) is 0.417. The summed E-state index contributed by atoms with van der Waals surface area (Å²) in [7, 11) is -3.25. The SMILES string of the molecule is CC1(C)COC(c2cc(Br)cc(S(C)(=O)=O)c2)=N1. The van der Waals surface area contributed by atoms with Crippen molar-refractivity contribution in [3.05, 3.63) is 28.2 Å². The van der Waals surface area contributed by atoms with Gasteiger partial charge >= 0.3 is 0 Å². The lowest BCUT2D eigenvalue weighted by atomic mass is 10.1. The van der Waals surface area contributed by atoms with Crippen LogP contribution in [-0.4, -0.2) is 32.7 Å². The number of sulfone groups is 1. The van der Waals surface area contributed by atoms with Gasteiger partial charge in [-0.25, -0.2) is 13.4 Å². The summed E-state index contributed by atoms with van der Waals surface area (Å²) < 4.78 is 29.4. The summed E-state index contributed by atoms with van der Waals surface area (Å²) in [5.74, 6) is 0.492. The zero-order chi connectivity index (χ0) is 13.6. The second-order valence-electron chi connectivity index (χ2n) is 4.97. The molecule has 1 heterocycles. The number of hydrogen-bond donors (Lipinski definition) is 0. The molecule has 0 aliphatic carbocycles. The molecule has 0 spiro atoms. The second-order valence-corrected chi connectivity index (χ2v) is 7.90. The Morgan fingerprint density at radius 3 is 2.50 bits per heavy atom. The summed E-state index contributed by atoms with van der Waals surface area (Å²) in [6, 6.07) is 4.95. The van der Waals surface area contributed by atoms with Gasteiger partial charge in [0.25, 0.3) is 0 Å². The van der Waals surface area contributed by atoms with Gasteiger partial charge in [-0.3, -0.25) is 0 Å². The van der Waals surface area contributed by atoms with Crippen molar-refractivity contribution >= 4 is 31.7 Å². The van der Waals surface area contributed by atoms with Crippen molar-refractivity contribution in [1.82, 2.24) is 0 Å². The van der Waals surface area contributed by atoms with Crippen molar-refractivity contribution in [3.8, 4) is 0 Å². The summed E-state index contributed by atoms with van der Waals surface area (Å²) in [4.78, 5) is 4.69. The molecule has 0 amide bonds. The van der Waals surface area contributed by atoms with Gasteiger partial charge in [0.15, 0.2) is 9.84 Å². The van der Waals surface area contributed by atoms with E-state index in [1.54, 1.807) is 18.2 Å². The van der Waals surface area contributed by atoms with Crippen molar-refractivity contribution in [2.75, 3.05) is 12.9 Å². The van der Waals surface area contributed by atoms with Gasteiger partial charge in [0.2, 0.25) is 5.90 Å². The van der Waals surface area contributed by atoms with Gasteiger partial charge in [0.1, 0.15) is 6.61 Å². The Bertz CT molecular complexity index is 620. The van der Waals surface area contributed by atoms with E-state index < -0.39 is 9.84 Å². The van der Waals surface area contributed by atoms with Gasteiger partial charge in [-0.2, -0.15) is 0 Å². The molecule has 6 heteroatoms. The Kier molecular flexibility index (Phi) is 3.27. The Balaban J connectivity index is 2.51. The van der Waals surface area contributed by atoms with E-state index in [9.17, 15) is 8.42 Å². The Labute approximate surface area is 115 Å². The lowest BCUT2D eigenvalue weighted by molar-refractivity contribution is 0.279. The van der Waals surface area contributed by atoms with Crippen LogP contribution in [0.15, 0.2) is 32.6 Å². The van der Waals surface area contributed by atoms with Crippen LogP contribution in [0, 0.1) is 0 Å². The number of nitrogens with zero attached hydrogens (tertiary/aromatic N) is 1. The van der Waals surface area contributed by atoms with Crippen LogP contribution >= 0.6 is 15.9 Å². The highest BCUT2D eigenvalue weighted by Crippen LogP contribution is 2.25. The van der Waals surface area contributed by atoms with E-state index in [1.165, 1.54) is 6.26 Å². The van der Waals surface area contributed by atoms with Crippen LogP contribution in [-0.2, 0) is 14.6 Å². The first-order valence-corrected chi connectivity index (χ1v) is 8.09. The van der Waals surface area contributed by atoms with Crippen molar-refractivity contribution in [2.45, 2.75) is 24.3 Å². The van der Waals surface area contributed by atoms with Crippen LogP contribution in [0.5, 0.6) is 0 Å². The Hall–Kier alpha value is -0.880. The van der Waals surface area contributed by atoms with Gasteiger partial charge in [0, 0.05) is 16.3 Å². The lowest BCUT2D eigenvalue weighted by Gasteiger charge is -2.07. The molecule has 18 heavy (non-hydrogen) atoms. The largest absolute Gasteiger partial charge is 0.475 e. The van der Waals surface area contributed by atoms with Crippen LogP contribution in [0.4, 0.5) is 0 Å². The maximum absolute atomic E-state index is 11.6. The van der Waals surface area contributed by atoms with E-state index in [1.807, 2.05) is 13.8 Å². The van der Waals surface area contributed by atoms with Gasteiger partial charge in [-0.05, 0) is 32.0 Å². The summed E-state index contributed by atoms with van der Waals surface area (Å²) in [6.45, 7) is 4.44. The van der Waals surface area contributed by atoms with Gasteiger partial charge in [-0.15, -0.1) is 0 Å². The van der Waals surface area contributed by atoms with Crippen molar-refractivity contribution in [1.29, 1.82) is 0 Å². The monoisotopic (exact) mass is 331 g/mol. The lowest BCUT2D eigenvalue weighted by Crippen LogP contribution is -2.17. The van der Waals surface area contributed by atoms with Crippen LogP contribution < -0.4 is 0 Å². The summed E-state index contributed by atoms with van der Waals surface area (Å²) in [5, 5.41) is 0. The molecule has 0 atom stereocenters.